The van der Waals surface area contributed by atoms with E-state index in [0.717, 1.165) is 6.42 Å². The molecule has 1 aliphatic heterocycles. The van der Waals surface area contributed by atoms with Crippen LogP contribution in [0.5, 0.6) is 0 Å². The molecule has 3 aliphatic rings. The zero-order valence-electron chi connectivity index (χ0n) is 18.2. The molecule has 0 aromatic carbocycles. The largest absolute Gasteiger partial charge is 0.356 e. The molecule has 1 aromatic heterocycles. The van der Waals surface area contributed by atoms with Crippen molar-refractivity contribution in [2.45, 2.75) is 39.0 Å². The van der Waals surface area contributed by atoms with E-state index in [1.54, 1.807) is 7.05 Å². The highest BCUT2D eigenvalue weighted by atomic mass is 127. The Balaban J connectivity index is 0.00000272. The predicted octanol–water partition coefficient (Wildman–Crippen LogP) is 1.72. The molecular formula is C21H31IN6O3. The minimum absolute atomic E-state index is 0. The number of allylic oxidation sites excluding steroid dienone is 2. The van der Waals surface area contributed by atoms with Crippen LogP contribution in [0.3, 0.4) is 0 Å². The molecular weight excluding hydrogens is 511 g/mol. The van der Waals surface area contributed by atoms with E-state index in [1.807, 2.05) is 13.8 Å². The van der Waals surface area contributed by atoms with Gasteiger partial charge in [0.15, 0.2) is 11.8 Å². The Bertz CT molecular complexity index is 837. The third-order valence-electron chi connectivity index (χ3n) is 6.27. The first-order valence-electron chi connectivity index (χ1n) is 10.8. The van der Waals surface area contributed by atoms with Gasteiger partial charge >= 0.3 is 0 Å². The highest BCUT2D eigenvalue weighted by Crippen LogP contribution is 2.52. The zero-order chi connectivity index (χ0) is 21.3. The lowest BCUT2D eigenvalue weighted by atomic mass is 9.85. The van der Waals surface area contributed by atoms with Crippen LogP contribution in [-0.2, 0) is 16.0 Å². The number of aromatic nitrogens is 2. The van der Waals surface area contributed by atoms with Gasteiger partial charge in [-0.1, -0.05) is 31.2 Å². The average molecular weight is 542 g/mol. The Morgan fingerprint density at radius 3 is 2.42 bits per heavy atom. The average Bonchev–Trinajstić information content (AvgIpc) is 3.50. The van der Waals surface area contributed by atoms with E-state index in [1.165, 1.54) is 4.90 Å². The van der Waals surface area contributed by atoms with E-state index in [-0.39, 0.29) is 65.4 Å². The van der Waals surface area contributed by atoms with Crippen LogP contribution >= 0.6 is 24.0 Å². The number of fused-ring (bicyclic) bond motifs is 5. The number of halogens is 1. The molecule has 2 amide bonds. The normalized spacial score (nSPS) is 26.6. The number of carbonyl (C=O) groups excluding carboxylic acids is 2. The maximum atomic E-state index is 12.7. The van der Waals surface area contributed by atoms with E-state index in [0.29, 0.717) is 50.2 Å². The predicted molar refractivity (Wildman–Crippen MR) is 126 cm³/mol. The molecule has 9 nitrogen and oxygen atoms in total. The van der Waals surface area contributed by atoms with Gasteiger partial charge in [0, 0.05) is 39.0 Å². The molecule has 2 aliphatic carbocycles. The summed E-state index contributed by atoms with van der Waals surface area (Å²) in [6.45, 7) is 5.73. The van der Waals surface area contributed by atoms with Gasteiger partial charge in [0.1, 0.15) is 0 Å². The van der Waals surface area contributed by atoms with Crippen molar-refractivity contribution in [3.63, 3.8) is 0 Å². The zero-order valence-corrected chi connectivity index (χ0v) is 20.5. The molecule has 4 unspecified atom stereocenters. The molecule has 4 atom stereocenters. The van der Waals surface area contributed by atoms with Gasteiger partial charge in [0.2, 0.25) is 17.7 Å². The topological polar surface area (TPSA) is 113 Å². The number of aliphatic imine (C=N–C) groups is 1. The number of carbonyl (C=O) groups is 2. The summed E-state index contributed by atoms with van der Waals surface area (Å²) in [4.78, 5) is 35.4. The van der Waals surface area contributed by atoms with Crippen molar-refractivity contribution in [3.8, 4) is 0 Å². The molecule has 1 saturated heterocycles. The number of likely N-dealkylation sites (tertiary alicyclic amines) is 1. The summed E-state index contributed by atoms with van der Waals surface area (Å²) in [6, 6.07) is 0. The molecule has 31 heavy (non-hydrogen) atoms. The molecule has 2 fully saturated rings. The molecule has 2 N–H and O–H groups in total. The van der Waals surface area contributed by atoms with Gasteiger partial charge in [-0.3, -0.25) is 19.5 Å². The molecule has 2 bridgehead atoms. The van der Waals surface area contributed by atoms with Crippen molar-refractivity contribution in [2.75, 3.05) is 26.7 Å². The molecule has 0 spiro atoms. The lowest BCUT2D eigenvalue weighted by Gasteiger charge is -2.17. The minimum atomic E-state index is -0.115. The second-order valence-corrected chi connectivity index (χ2v) is 8.56. The van der Waals surface area contributed by atoms with E-state index >= 15 is 0 Å². The fourth-order valence-electron chi connectivity index (χ4n) is 4.74. The second-order valence-electron chi connectivity index (χ2n) is 8.56. The number of nitrogens with one attached hydrogen (secondary N) is 2. The standard InChI is InChI=1S/C21H30N6O3.HI/c1-12(2)18-25-15(30-26-18)7-9-24-21(22-3)23-8-4-10-27-19(28)16-13-5-6-14(11-13)17(16)20(27)29;/h5-6,12-14,16-17H,4,7-11H2,1-3H3,(H2,22,23,24);1H. The van der Waals surface area contributed by atoms with Crippen LogP contribution in [0, 0.1) is 23.7 Å². The third-order valence-corrected chi connectivity index (χ3v) is 6.27. The van der Waals surface area contributed by atoms with E-state index in [9.17, 15) is 9.59 Å². The number of nitrogens with zero attached hydrogens (tertiary/aromatic N) is 4. The fourth-order valence-corrected chi connectivity index (χ4v) is 4.74. The molecule has 4 rings (SSSR count). The van der Waals surface area contributed by atoms with Crippen molar-refractivity contribution in [3.05, 3.63) is 23.9 Å². The number of rotatable bonds is 8. The lowest BCUT2D eigenvalue weighted by Crippen LogP contribution is -2.40. The van der Waals surface area contributed by atoms with Gasteiger partial charge in [0.25, 0.3) is 0 Å². The molecule has 1 saturated carbocycles. The smallest absolute Gasteiger partial charge is 0.233 e. The van der Waals surface area contributed by atoms with E-state index in [4.69, 9.17) is 4.52 Å². The molecule has 0 radical (unpaired) electrons. The summed E-state index contributed by atoms with van der Waals surface area (Å²) in [5.41, 5.74) is 0. The van der Waals surface area contributed by atoms with Gasteiger partial charge in [-0.25, -0.2) is 0 Å². The van der Waals surface area contributed by atoms with Crippen LogP contribution in [0.4, 0.5) is 0 Å². The highest BCUT2D eigenvalue weighted by molar-refractivity contribution is 14.0. The van der Waals surface area contributed by atoms with Gasteiger partial charge in [0.05, 0.1) is 11.8 Å². The number of hydrogen-bond donors (Lipinski definition) is 2. The first kappa shape index (κ1) is 23.7. The second kappa shape index (κ2) is 10.1. The third kappa shape index (κ3) is 4.78. The van der Waals surface area contributed by atoms with Crippen LogP contribution in [0.15, 0.2) is 21.7 Å². The number of hydrogen-bond acceptors (Lipinski definition) is 6. The summed E-state index contributed by atoms with van der Waals surface area (Å²) in [6.07, 6.45) is 6.50. The number of imide groups is 1. The van der Waals surface area contributed by atoms with Crippen LogP contribution in [0.1, 0.15) is 44.3 Å². The fraction of sp³-hybridized carbons (Fsp3) is 0.667. The summed E-state index contributed by atoms with van der Waals surface area (Å²) in [7, 11) is 1.70. The summed E-state index contributed by atoms with van der Waals surface area (Å²) < 4.78 is 5.23. The van der Waals surface area contributed by atoms with E-state index in [2.05, 4.69) is 37.9 Å². The Morgan fingerprint density at radius 1 is 1.19 bits per heavy atom. The quantitative estimate of drug-likeness (QED) is 0.129. The summed E-state index contributed by atoms with van der Waals surface area (Å²) in [5.74, 6) is 2.55. The number of amides is 2. The van der Waals surface area contributed by atoms with Gasteiger partial charge in [-0.15, -0.1) is 24.0 Å². The maximum Gasteiger partial charge on any atom is 0.233 e. The van der Waals surface area contributed by atoms with Crippen molar-refractivity contribution >= 4 is 41.8 Å². The van der Waals surface area contributed by atoms with Crippen molar-refractivity contribution in [1.82, 2.24) is 25.7 Å². The van der Waals surface area contributed by atoms with Crippen LogP contribution < -0.4 is 10.6 Å². The maximum absolute atomic E-state index is 12.7. The SMILES string of the molecule is CN=C(NCCCN1C(=O)C2C3C=CC(C3)C2C1=O)NCCc1nc(C(C)C)no1.I. The Morgan fingerprint density at radius 2 is 1.84 bits per heavy atom. The Labute approximate surface area is 199 Å². The number of guanidine groups is 1. The lowest BCUT2D eigenvalue weighted by molar-refractivity contribution is -0.140. The first-order valence-corrected chi connectivity index (χ1v) is 10.8. The van der Waals surface area contributed by atoms with Crippen LogP contribution in [0.2, 0.25) is 0 Å². The first-order chi connectivity index (χ1) is 14.5. The van der Waals surface area contributed by atoms with Crippen molar-refractivity contribution in [1.29, 1.82) is 0 Å². The van der Waals surface area contributed by atoms with E-state index < -0.39 is 0 Å². The van der Waals surface area contributed by atoms with Crippen LogP contribution in [0.25, 0.3) is 0 Å². The molecule has 2 heterocycles. The van der Waals surface area contributed by atoms with Crippen molar-refractivity contribution < 1.29 is 14.1 Å². The summed E-state index contributed by atoms with van der Waals surface area (Å²) in [5, 5.41) is 10.4. The Hall–Kier alpha value is -1.98. The van der Waals surface area contributed by atoms with Gasteiger partial charge < -0.3 is 15.2 Å². The minimum Gasteiger partial charge on any atom is -0.356 e. The van der Waals surface area contributed by atoms with Gasteiger partial charge in [-0.05, 0) is 24.7 Å². The van der Waals surface area contributed by atoms with Crippen LogP contribution in [-0.4, -0.2) is 59.5 Å². The van der Waals surface area contributed by atoms with Crippen molar-refractivity contribution in [2.24, 2.45) is 28.7 Å². The monoisotopic (exact) mass is 542 g/mol. The molecule has 10 heteroatoms. The van der Waals surface area contributed by atoms with Gasteiger partial charge in [-0.2, -0.15) is 4.98 Å². The highest BCUT2D eigenvalue weighted by Gasteiger charge is 2.58. The Kier molecular flexibility index (Phi) is 7.71. The molecule has 1 aromatic rings. The molecule has 170 valence electrons. The summed E-state index contributed by atoms with van der Waals surface area (Å²) >= 11 is 0.